The molecule has 7 heteroatoms. The standard InChI is InChI=1S/C20H18FN3O2S/c1-12-8-17(12)18-7-6-16(26-18)10-22-24-19(25)9-15-11-27-20(23-15)13-2-4-14(21)5-3-13/h2-7,10-12,17H,8-9H2,1H3,(H,24,25)/b22-10-/t12-,17+/m1/s1. The van der Waals surface area contributed by atoms with Crippen LogP contribution in [0.15, 0.2) is 51.3 Å². The van der Waals surface area contributed by atoms with Crippen molar-refractivity contribution in [2.45, 2.75) is 25.7 Å². The molecule has 5 nitrogen and oxygen atoms in total. The Morgan fingerprint density at radius 3 is 2.89 bits per heavy atom. The van der Waals surface area contributed by atoms with Crippen LogP contribution in [-0.4, -0.2) is 17.1 Å². The van der Waals surface area contributed by atoms with E-state index in [0.29, 0.717) is 23.3 Å². The number of hydrazone groups is 1. The van der Waals surface area contributed by atoms with Crippen LogP contribution in [0.2, 0.25) is 0 Å². The summed E-state index contributed by atoms with van der Waals surface area (Å²) in [6, 6.07) is 9.93. The van der Waals surface area contributed by atoms with Crippen LogP contribution in [0.3, 0.4) is 0 Å². The van der Waals surface area contributed by atoms with Crippen LogP contribution >= 0.6 is 11.3 Å². The molecule has 0 spiro atoms. The van der Waals surface area contributed by atoms with Crippen LogP contribution in [0.25, 0.3) is 10.6 Å². The number of hydrogen-bond acceptors (Lipinski definition) is 5. The van der Waals surface area contributed by atoms with Gasteiger partial charge in [-0.1, -0.05) is 6.92 Å². The van der Waals surface area contributed by atoms with Crippen molar-refractivity contribution >= 4 is 23.5 Å². The van der Waals surface area contributed by atoms with Crippen LogP contribution in [0.1, 0.15) is 36.5 Å². The number of nitrogens with zero attached hydrogens (tertiary/aromatic N) is 2. The molecule has 1 amide bonds. The average molecular weight is 383 g/mol. The van der Waals surface area contributed by atoms with Gasteiger partial charge in [-0.05, 0) is 48.7 Å². The van der Waals surface area contributed by atoms with E-state index >= 15 is 0 Å². The Bertz CT molecular complexity index is 977. The van der Waals surface area contributed by atoms with Crippen molar-refractivity contribution < 1.29 is 13.6 Å². The van der Waals surface area contributed by atoms with Gasteiger partial charge in [0.2, 0.25) is 5.91 Å². The summed E-state index contributed by atoms with van der Waals surface area (Å²) in [5, 5.41) is 6.51. The average Bonchev–Trinajstić information content (AvgIpc) is 3.03. The van der Waals surface area contributed by atoms with E-state index in [1.807, 2.05) is 17.5 Å². The number of halogens is 1. The van der Waals surface area contributed by atoms with Gasteiger partial charge in [0, 0.05) is 16.9 Å². The third-order valence-corrected chi connectivity index (χ3v) is 5.43. The fourth-order valence-electron chi connectivity index (χ4n) is 2.84. The highest BCUT2D eigenvalue weighted by atomic mass is 32.1. The lowest BCUT2D eigenvalue weighted by molar-refractivity contribution is -0.120. The van der Waals surface area contributed by atoms with Gasteiger partial charge in [-0.25, -0.2) is 14.8 Å². The minimum absolute atomic E-state index is 0.123. The number of carbonyl (C=O) groups excluding carboxylic acids is 1. The Hall–Kier alpha value is -2.80. The minimum Gasteiger partial charge on any atom is -0.460 e. The first kappa shape index (κ1) is 17.6. The Balaban J connectivity index is 1.30. The second-order valence-electron chi connectivity index (χ2n) is 6.68. The van der Waals surface area contributed by atoms with Crippen molar-refractivity contribution in [1.82, 2.24) is 10.4 Å². The largest absolute Gasteiger partial charge is 0.460 e. The zero-order valence-electron chi connectivity index (χ0n) is 14.7. The number of aromatic nitrogens is 1. The number of nitrogens with one attached hydrogen (secondary N) is 1. The lowest BCUT2D eigenvalue weighted by atomic mass is 10.2. The molecule has 1 aromatic carbocycles. The number of amides is 1. The first-order chi connectivity index (χ1) is 13.1. The molecule has 1 aliphatic rings. The maximum absolute atomic E-state index is 13.0. The van der Waals surface area contributed by atoms with Crippen LogP contribution < -0.4 is 5.43 Å². The molecule has 1 fully saturated rings. The molecule has 2 heterocycles. The maximum Gasteiger partial charge on any atom is 0.246 e. The first-order valence-electron chi connectivity index (χ1n) is 8.70. The predicted octanol–water partition coefficient (Wildman–Crippen LogP) is 4.36. The molecular formula is C20H18FN3O2S. The predicted molar refractivity (Wildman–Crippen MR) is 102 cm³/mol. The molecule has 27 heavy (non-hydrogen) atoms. The molecule has 2 atom stereocenters. The summed E-state index contributed by atoms with van der Waals surface area (Å²) >= 11 is 1.42. The third kappa shape index (κ3) is 4.31. The van der Waals surface area contributed by atoms with Crippen LogP contribution in [0, 0.1) is 11.7 Å². The van der Waals surface area contributed by atoms with Crippen LogP contribution in [0.4, 0.5) is 4.39 Å². The van der Waals surface area contributed by atoms with Crippen LogP contribution in [-0.2, 0) is 11.2 Å². The molecule has 0 unspecified atom stereocenters. The SMILES string of the molecule is C[C@@H]1C[C@@H]1c1ccc(/C=N\NC(=O)Cc2csc(-c3ccc(F)cc3)n2)o1. The molecule has 0 bridgehead atoms. The van der Waals surface area contributed by atoms with Crippen molar-refractivity contribution in [2.24, 2.45) is 11.0 Å². The number of thiazole rings is 1. The van der Waals surface area contributed by atoms with Crippen molar-refractivity contribution in [3.63, 3.8) is 0 Å². The number of hydrogen-bond donors (Lipinski definition) is 1. The van der Waals surface area contributed by atoms with Gasteiger partial charge in [0.25, 0.3) is 0 Å². The molecular weight excluding hydrogens is 365 g/mol. The zero-order chi connectivity index (χ0) is 18.8. The van der Waals surface area contributed by atoms with Crippen LogP contribution in [0.5, 0.6) is 0 Å². The molecule has 1 saturated carbocycles. The summed E-state index contributed by atoms with van der Waals surface area (Å²) in [5.74, 6) is 2.25. The molecule has 0 aliphatic heterocycles. The number of furan rings is 1. The van der Waals surface area contributed by atoms with Crippen molar-refractivity contribution in [3.8, 4) is 10.6 Å². The summed E-state index contributed by atoms with van der Waals surface area (Å²) in [6.45, 7) is 2.20. The van der Waals surface area contributed by atoms with Crippen molar-refractivity contribution in [3.05, 3.63) is 64.8 Å². The highest BCUT2D eigenvalue weighted by Crippen LogP contribution is 2.47. The van der Waals surface area contributed by atoms with Gasteiger partial charge >= 0.3 is 0 Å². The first-order valence-corrected chi connectivity index (χ1v) is 9.58. The summed E-state index contributed by atoms with van der Waals surface area (Å²) in [5.41, 5.74) is 3.96. The number of benzene rings is 1. The van der Waals surface area contributed by atoms with Gasteiger partial charge in [0.05, 0.1) is 18.3 Å². The highest BCUT2D eigenvalue weighted by molar-refractivity contribution is 7.13. The second-order valence-corrected chi connectivity index (χ2v) is 7.54. The molecule has 4 rings (SSSR count). The monoisotopic (exact) mass is 383 g/mol. The molecule has 1 aliphatic carbocycles. The molecule has 0 radical (unpaired) electrons. The molecule has 138 valence electrons. The second kappa shape index (κ2) is 7.44. The normalized spacial score (nSPS) is 18.7. The van der Waals surface area contributed by atoms with E-state index in [2.05, 4.69) is 22.4 Å². The van der Waals surface area contributed by atoms with Gasteiger partial charge in [-0.3, -0.25) is 4.79 Å². The molecule has 2 aromatic heterocycles. The lowest BCUT2D eigenvalue weighted by Crippen LogP contribution is -2.19. The number of rotatable bonds is 6. The Morgan fingerprint density at radius 2 is 2.15 bits per heavy atom. The number of carbonyl (C=O) groups is 1. The highest BCUT2D eigenvalue weighted by Gasteiger charge is 2.36. The van der Waals surface area contributed by atoms with Crippen molar-refractivity contribution in [2.75, 3.05) is 0 Å². The van der Waals surface area contributed by atoms with Gasteiger partial charge < -0.3 is 4.42 Å². The fraction of sp³-hybridized carbons (Fsp3) is 0.250. The van der Waals surface area contributed by atoms with E-state index in [0.717, 1.165) is 22.8 Å². The van der Waals surface area contributed by atoms with E-state index in [4.69, 9.17) is 4.42 Å². The van der Waals surface area contributed by atoms with E-state index in [9.17, 15) is 9.18 Å². The van der Waals surface area contributed by atoms with E-state index in [-0.39, 0.29) is 18.1 Å². The summed E-state index contributed by atoms with van der Waals surface area (Å²) in [6.07, 6.45) is 2.78. The van der Waals surface area contributed by atoms with E-state index < -0.39 is 0 Å². The topological polar surface area (TPSA) is 67.5 Å². The minimum atomic E-state index is -0.289. The van der Waals surface area contributed by atoms with Gasteiger partial charge in [0.15, 0.2) is 0 Å². The fourth-order valence-corrected chi connectivity index (χ4v) is 3.67. The summed E-state index contributed by atoms with van der Waals surface area (Å²) in [4.78, 5) is 16.4. The van der Waals surface area contributed by atoms with Gasteiger partial charge in [-0.15, -0.1) is 11.3 Å². The molecule has 3 aromatic rings. The van der Waals surface area contributed by atoms with E-state index in [1.54, 1.807) is 12.1 Å². The summed E-state index contributed by atoms with van der Waals surface area (Å²) in [7, 11) is 0. The Morgan fingerprint density at radius 1 is 1.37 bits per heavy atom. The lowest BCUT2D eigenvalue weighted by Gasteiger charge is -1.97. The van der Waals surface area contributed by atoms with Gasteiger partial charge in [0.1, 0.15) is 22.3 Å². The molecule has 1 N–H and O–H groups in total. The third-order valence-electron chi connectivity index (χ3n) is 4.49. The van der Waals surface area contributed by atoms with E-state index in [1.165, 1.54) is 29.7 Å². The smallest absolute Gasteiger partial charge is 0.246 e. The molecule has 0 saturated heterocycles. The Kier molecular flexibility index (Phi) is 4.85. The van der Waals surface area contributed by atoms with Crippen molar-refractivity contribution in [1.29, 1.82) is 0 Å². The zero-order valence-corrected chi connectivity index (χ0v) is 15.5. The quantitative estimate of drug-likeness (QED) is 0.508. The maximum atomic E-state index is 13.0. The van der Waals surface area contributed by atoms with Gasteiger partial charge in [-0.2, -0.15) is 5.10 Å². The summed E-state index contributed by atoms with van der Waals surface area (Å²) < 4.78 is 18.7. The Labute approximate surface area is 159 Å².